The van der Waals surface area contributed by atoms with Crippen molar-refractivity contribution in [2.24, 2.45) is 0 Å². The Hall–Kier alpha value is -1.62. The second kappa shape index (κ2) is 7.41. The van der Waals surface area contributed by atoms with Crippen LogP contribution in [0.4, 0.5) is 13.2 Å². The van der Waals surface area contributed by atoms with Crippen LogP contribution in [0.5, 0.6) is 0 Å². The van der Waals surface area contributed by atoms with Crippen LogP contribution in [0.15, 0.2) is 12.2 Å². The van der Waals surface area contributed by atoms with E-state index in [1.54, 1.807) is 0 Å². The van der Waals surface area contributed by atoms with Crippen molar-refractivity contribution >= 4 is 22.1 Å². The molecule has 0 fully saturated rings. The molecule has 0 N–H and O–H groups in total. The number of rotatable bonds is 8. The Bertz CT molecular complexity index is 515. The summed E-state index contributed by atoms with van der Waals surface area (Å²) in [5.41, 5.74) is 0.00640. The molecule has 0 aliphatic heterocycles. The fraction of sp³-hybridized carbons (Fsp3) is 0.600. The van der Waals surface area contributed by atoms with Gasteiger partial charge in [0, 0.05) is 12.0 Å². The van der Waals surface area contributed by atoms with Crippen LogP contribution in [0, 0.1) is 0 Å². The smallest absolute Gasteiger partial charge is 0.364 e. The average Bonchev–Trinajstić information content (AvgIpc) is 2.33. The van der Waals surface area contributed by atoms with Crippen molar-refractivity contribution in [1.29, 1.82) is 0 Å². The van der Waals surface area contributed by atoms with Crippen molar-refractivity contribution < 1.29 is 45.2 Å². The number of hydrogen-bond donors (Lipinski definition) is 0. The second-order valence-corrected chi connectivity index (χ2v) is 5.30. The van der Waals surface area contributed by atoms with Gasteiger partial charge >= 0.3 is 17.2 Å². The molecule has 0 saturated carbocycles. The maximum atomic E-state index is 12.9. The zero-order chi connectivity index (χ0) is 16.8. The van der Waals surface area contributed by atoms with E-state index in [1.165, 1.54) is 6.92 Å². The molecule has 0 rings (SSSR count). The van der Waals surface area contributed by atoms with Gasteiger partial charge < -0.3 is 14.0 Å². The Kier molecular flexibility index (Phi) is 6.83. The van der Waals surface area contributed by atoms with Crippen LogP contribution in [0.3, 0.4) is 0 Å². The van der Waals surface area contributed by atoms with Gasteiger partial charge in [0.25, 0.3) is 0 Å². The molecule has 1 unspecified atom stereocenters. The van der Waals surface area contributed by atoms with E-state index in [-0.39, 0.29) is 5.57 Å². The van der Waals surface area contributed by atoms with Crippen molar-refractivity contribution in [2.45, 2.75) is 24.8 Å². The summed E-state index contributed by atoms with van der Waals surface area (Å²) in [4.78, 5) is 21.9. The summed E-state index contributed by atoms with van der Waals surface area (Å²) in [7, 11) is -6.16. The number of ether oxygens (including phenoxy) is 2. The zero-order valence-electron chi connectivity index (χ0n) is 10.8. The number of halogens is 3. The summed E-state index contributed by atoms with van der Waals surface area (Å²) in [6.45, 7) is 2.77. The van der Waals surface area contributed by atoms with Crippen LogP contribution in [-0.2, 0) is 29.2 Å². The van der Waals surface area contributed by atoms with E-state index in [1.807, 2.05) is 0 Å². The molecular formula is C10H12F3O7S-. The predicted octanol–water partition coefficient (Wildman–Crippen LogP) is 0.515. The summed E-state index contributed by atoms with van der Waals surface area (Å²) in [5, 5.41) is -5.12. The average molecular weight is 333 g/mol. The quantitative estimate of drug-likeness (QED) is 0.362. The van der Waals surface area contributed by atoms with E-state index in [2.05, 4.69) is 16.1 Å². The summed E-state index contributed by atoms with van der Waals surface area (Å²) in [6, 6.07) is 0. The van der Waals surface area contributed by atoms with E-state index < -0.39 is 53.1 Å². The molecule has 0 radical (unpaired) electrons. The van der Waals surface area contributed by atoms with E-state index in [4.69, 9.17) is 0 Å². The van der Waals surface area contributed by atoms with Crippen LogP contribution in [0.2, 0.25) is 0 Å². The summed E-state index contributed by atoms with van der Waals surface area (Å²) >= 11 is 0. The van der Waals surface area contributed by atoms with Crippen molar-refractivity contribution in [3.05, 3.63) is 12.2 Å². The maximum absolute atomic E-state index is 12.9. The van der Waals surface area contributed by atoms with Crippen LogP contribution >= 0.6 is 0 Å². The molecule has 0 spiro atoms. The topological polar surface area (TPSA) is 110 Å². The SMILES string of the molecule is C=C(C)C(=O)OCC(=O)OCCC(F)C(F)(F)S(=O)(=O)[O-]. The number of alkyl halides is 3. The molecule has 0 aromatic rings. The minimum absolute atomic E-state index is 0.00640. The fourth-order valence-electron chi connectivity index (χ4n) is 0.890. The lowest BCUT2D eigenvalue weighted by Gasteiger charge is -2.23. The molecule has 0 amide bonds. The molecule has 122 valence electrons. The number of carbonyl (C=O) groups is 2. The monoisotopic (exact) mass is 333 g/mol. The van der Waals surface area contributed by atoms with E-state index >= 15 is 0 Å². The normalized spacial score (nSPS) is 13.4. The third-order valence-electron chi connectivity index (χ3n) is 2.00. The van der Waals surface area contributed by atoms with Gasteiger partial charge in [0.15, 0.2) is 22.9 Å². The highest BCUT2D eigenvalue weighted by Gasteiger charge is 2.47. The third-order valence-corrected chi connectivity index (χ3v) is 2.92. The highest BCUT2D eigenvalue weighted by Crippen LogP contribution is 2.29. The first-order valence-electron chi connectivity index (χ1n) is 5.35. The standard InChI is InChI=1S/C10H13F3O7S/c1-6(2)9(15)20-5-8(14)19-4-3-7(11)10(12,13)21(16,17)18/h7H,1,3-5H2,2H3,(H,16,17,18)/p-1. The molecule has 7 nitrogen and oxygen atoms in total. The molecule has 0 aromatic heterocycles. The van der Waals surface area contributed by atoms with Gasteiger partial charge in [-0.3, -0.25) is 0 Å². The molecule has 11 heteroatoms. The first-order chi connectivity index (χ1) is 9.39. The molecule has 1 atom stereocenters. The van der Waals surface area contributed by atoms with Crippen LogP contribution in [0.1, 0.15) is 13.3 Å². The Labute approximate surface area is 118 Å². The lowest BCUT2D eigenvalue weighted by molar-refractivity contribution is -0.157. The second-order valence-electron chi connectivity index (χ2n) is 3.85. The van der Waals surface area contributed by atoms with Crippen molar-refractivity contribution in [3.8, 4) is 0 Å². The van der Waals surface area contributed by atoms with Crippen molar-refractivity contribution in [2.75, 3.05) is 13.2 Å². The number of carbonyl (C=O) groups excluding carboxylic acids is 2. The fourth-order valence-corrected chi connectivity index (χ4v) is 1.32. The van der Waals surface area contributed by atoms with Gasteiger partial charge in [-0.1, -0.05) is 6.58 Å². The Morgan fingerprint density at radius 3 is 2.29 bits per heavy atom. The van der Waals surface area contributed by atoms with Crippen LogP contribution < -0.4 is 0 Å². The largest absolute Gasteiger partial charge is 0.743 e. The zero-order valence-corrected chi connectivity index (χ0v) is 11.6. The highest BCUT2D eigenvalue weighted by molar-refractivity contribution is 7.86. The Morgan fingerprint density at radius 1 is 1.33 bits per heavy atom. The third kappa shape index (κ3) is 6.12. The highest BCUT2D eigenvalue weighted by atomic mass is 32.2. The first kappa shape index (κ1) is 19.4. The first-order valence-corrected chi connectivity index (χ1v) is 6.76. The molecule has 21 heavy (non-hydrogen) atoms. The number of esters is 2. The summed E-state index contributed by atoms with van der Waals surface area (Å²) < 4.78 is 77.2. The lowest BCUT2D eigenvalue weighted by Crippen LogP contribution is -2.39. The van der Waals surface area contributed by atoms with Gasteiger partial charge in [-0.25, -0.2) is 22.4 Å². The lowest BCUT2D eigenvalue weighted by atomic mass is 10.3. The Morgan fingerprint density at radius 2 is 1.86 bits per heavy atom. The van der Waals surface area contributed by atoms with E-state index in [9.17, 15) is 35.7 Å². The molecule has 0 aliphatic carbocycles. The Balaban J connectivity index is 4.18. The molecule has 0 aromatic carbocycles. The number of hydrogen-bond acceptors (Lipinski definition) is 7. The van der Waals surface area contributed by atoms with Crippen LogP contribution in [0.25, 0.3) is 0 Å². The van der Waals surface area contributed by atoms with E-state index in [0.29, 0.717) is 0 Å². The molecule has 0 saturated heterocycles. The molecular weight excluding hydrogens is 321 g/mol. The van der Waals surface area contributed by atoms with Gasteiger partial charge in [-0.05, 0) is 6.92 Å². The van der Waals surface area contributed by atoms with Gasteiger partial charge in [-0.2, -0.15) is 8.78 Å². The molecule has 0 heterocycles. The van der Waals surface area contributed by atoms with Crippen molar-refractivity contribution in [3.63, 3.8) is 0 Å². The summed E-state index contributed by atoms with van der Waals surface area (Å²) in [5.74, 6) is -2.05. The predicted molar refractivity (Wildman–Crippen MR) is 60.9 cm³/mol. The minimum Gasteiger partial charge on any atom is -0.743 e. The van der Waals surface area contributed by atoms with Gasteiger partial charge in [0.2, 0.25) is 0 Å². The van der Waals surface area contributed by atoms with Gasteiger partial charge in [-0.15, -0.1) is 0 Å². The van der Waals surface area contributed by atoms with Crippen molar-refractivity contribution in [1.82, 2.24) is 0 Å². The summed E-state index contributed by atoms with van der Waals surface area (Å²) in [6.07, 6.45) is -4.54. The van der Waals surface area contributed by atoms with E-state index in [0.717, 1.165) is 0 Å². The van der Waals surface area contributed by atoms with Crippen LogP contribution in [-0.4, -0.2) is 49.5 Å². The maximum Gasteiger partial charge on any atom is 0.364 e. The van der Waals surface area contributed by atoms with Gasteiger partial charge in [0.1, 0.15) is 0 Å². The minimum atomic E-state index is -6.16. The molecule has 0 bridgehead atoms. The van der Waals surface area contributed by atoms with Gasteiger partial charge in [0.05, 0.1) is 6.61 Å². The molecule has 0 aliphatic rings.